The predicted octanol–water partition coefficient (Wildman–Crippen LogP) is 6.41. The second kappa shape index (κ2) is 16.6. The highest BCUT2D eigenvalue weighted by Gasteiger charge is 2.40. The molecular formula is C34H46ClN3O6S2. The second-order valence-corrected chi connectivity index (χ2v) is 16.4. The highest BCUT2D eigenvalue weighted by Crippen LogP contribution is 2.33. The van der Waals surface area contributed by atoms with E-state index in [4.69, 9.17) is 16.3 Å². The molecule has 2 amide bonds. The molecule has 3 aliphatic rings. The summed E-state index contributed by atoms with van der Waals surface area (Å²) in [5, 5.41) is 2.30. The van der Waals surface area contributed by atoms with Crippen LogP contribution < -0.4 is 4.74 Å². The first-order chi connectivity index (χ1) is 22.2. The smallest absolute Gasteiger partial charge is 0.409 e. The quantitative estimate of drug-likeness (QED) is 0.225. The average molecular weight is 692 g/mol. The van der Waals surface area contributed by atoms with Gasteiger partial charge in [0.2, 0.25) is 15.9 Å². The molecule has 1 aromatic heterocycles. The maximum absolute atomic E-state index is 14.4. The van der Waals surface area contributed by atoms with Gasteiger partial charge in [-0.2, -0.15) is 0 Å². The van der Waals surface area contributed by atoms with Gasteiger partial charge in [0.1, 0.15) is 6.04 Å². The van der Waals surface area contributed by atoms with Crippen molar-refractivity contribution in [3.8, 4) is 5.75 Å². The van der Waals surface area contributed by atoms with Crippen LogP contribution in [0.5, 0.6) is 5.75 Å². The summed E-state index contributed by atoms with van der Waals surface area (Å²) < 4.78 is 31.7. The van der Waals surface area contributed by atoms with Gasteiger partial charge in [0.05, 0.1) is 17.3 Å². The minimum Gasteiger partial charge on any atom is -0.409 e. The summed E-state index contributed by atoms with van der Waals surface area (Å²) >= 11 is 7.82. The van der Waals surface area contributed by atoms with Gasteiger partial charge in [0, 0.05) is 43.4 Å². The largest absolute Gasteiger partial charge is 0.415 e. The molecule has 0 spiro atoms. The van der Waals surface area contributed by atoms with Crippen LogP contribution in [0.2, 0.25) is 5.02 Å². The Morgan fingerprint density at radius 1 is 0.978 bits per heavy atom. The van der Waals surface area contributed by atoms with Gasteiger partial charge in [0.15, 0.2) is 11.5 Å². The van der Waals surface area contributed by atoms with Gasteiger partial charge in [-0.15, -0.1) is 11.3 Å². The number of thiophene rings is 1. The summed E-state index contributed by atoms with van der Waals surface area (Å²) in [6.07, 6.45) is 9.65. The molecule has 0 N–H and O–H groups in total. The number of amides is 2. The van der Waals surface area contributed by atoms with Crippen LogP contribution in [-0.4, -0.2) is 84.8 Å². The Morgan fingerprint density at radius 3 is 2.50 bits per heavy atom. The van der Waals surface area contributed by atoms with Crippen molar-refractivity contribution in [2.45, 2.75) is 83.1 Å². The molecule has 5 rings (SSSR count). The summed E-state index contributed by atoms with van der Waals surface area (Å²) in [6.45, 7) is 1.64. The molecule has 3 heterocycles. The number of carbonyl (C=O) groups excluding carboxylic acids is 3. The number of para-hydroxylation sites is 1. The number of sulfonamides is 1. The number of nitrogens with zero attached hydrogens (tertiary/aromatic N) is 3. The van der Waals surface area contributed by atoms with Gasteiger partial charge in [-0.1, -0.05) is 68.3 Å². The molecule has 0 bridgehead atoms. The average Bonchev–Trinajstić information content (AvgIpc) is 3.71. The van der Waals surface area contributed by atoms with E-state index in [2.05, 4.69) is 0 Å². The van der Waals surface area contributed by atoms with Gasteiger partial charge in [0.25, 0.3) is 0 Å². The summed E-state index contributed by atoms with van der Waals surface area (Å²) in [6, 6.07) is 9.96. The van der Waals surface area contributed by atoms with E-state index in [1.54, 1.807) is 44.8 Å². The van der Waals surface area contributed by atoms with Gasteiger partial charge >= 0.3 is 6.09 Å². The van der Waals surface area contributed by atoms with E-state index in [0.717, 1.165) is 30.6 Å². The van der Waals surface area contributed by atoms with Crippen LogP contribution in [0.4, 0.5) is 4.79 Å². The number of benzene rings is 1. The Kier molecular flexibility index (Phi) is 12.6. The molecule has 1 saturated carbocycles. The molecule has 3 fully saturated rings. The normalized spacial score (nSPS) is 21.3. The number of halogens is 1. The molecule has 2 saturated heterocycles. The van der Waals surface area contributed by atoms with Crippen molar-refractivity contribution in [2.75, 3.05) is 38.5 Å². The SMILES string of the molecule is O=C(CCc1cccs1)[C@@H]1CN(C(=O)Oc2ccccc2Cl)CCN1C(=O)[C@@H](CCCCN1CCCS1(=O)=O)CC1CCCCC1. The number of hydrogen-bond acceptors (Lipinski definition) is 7. The topological polar surface area (TPSA) is 104 Å². The fourth-order valence-corrected chi connectivity index (χ4v) is 9.52. The van der Waals surface area contributed by atoms with Crippen LogP contribution in [-0.2, 0) is 26.0 Å². The molecule has 46 heavy (non-hydrogen) atoms. The first-order valence-corrected chi connectivity index (χ1v) is 19.6. The summed E-state index contributed by atoms with van der Waals surface area (Å²) in [5.41, 5.74) is 0. The number of aryl methyl sites for hydroxylation is 1. The van der Waals surface area contributed by atoms with E-state index in [-0.39, 0.29) is 55.2 Å². The number of hydrogen-bond donors (Lipinski definition) is 0. The van der Waals surface area contributed by atoms with Gasteiger partial charge < -0.3 is 14.5 Å². The first-order valence-electron chi connectivity index (χ1n) is 16.8. The van der Waals surface area contributed by atoms with Crippen LogP contribution in [0.15, 0.2) is 41.8 Å². The van der Waals surface area contributed by atoms with E-state index >= 15 is 0 Å². The van der Waals surface area contributed by atoms with E-state index in [1.165, 1.54) is 24.2 Å². The zero-order valence-corrected chi connectivity index (χ0v) is 28.9. The van der Waals surface area contributed by atoms with E-state index in [1.807, 2.05) is 17.5 Å². The van der Waals surface area contributed by atoms with Crippen molar-refractivity contribution in [1.29, 1.82) is 0 Å². The molecule has 12 heteroatoms. The van der Waals surface area contributed by atoms with Crippen molar-refractivity contribution in [3.63, 3.8) is 0 Å². The molecule has 252 valence electrons. The highest BCUT2D eigenvalue weighted by molar-refractivity contribution is 7.89. The first kappa shape index (κ1) is 34.9. The third kappa shape index (κ3) is 9.33. The number of Topliss-reactive ketones (excluding diaryl/α,β-unsaturated/α-hetero) is 1. The van der Waals surface area contributed by atoms with Gasteiger partial charge in [-0.25, -0.2) is 17.5 Å². The van der Waals surface area contributed by atoms with Crippen LogP contribution in [0.3, 0.4) is 0 Å². The lowest BCUT2D eigenvalue weighted by molar-refractivity contribution is -0.146. The molecule has 2 atom stereocenters. The highest BCUT2D eigenvalue weighted by atomic mass is 35.5. The molecule has 0 radical (unpaired) electrons. The number of piperazine rings is 1. The van der Waals surface area contributed by atoms with Crippen molar-refractivity contribution < 1.29 is 27.5 Å². The predicted molar refractivity (Wildman–Crippen MR) is 181 cm³/mol. The number of ketones is 1. The lowest BCUT2D eigenvalue weighted by atomic mass is 9.80. The molecule has 2 aliphatic heterocycles. The molecule has 9 nitrogen and oxygen atoms in total. The number of ether oxygens (including phenoxy) is 1. The van der Waals surface area contributed by atoms with Crippen LogP contribution in [0.25, 0.3) is 0 Å². The fraction of sp³-hybridized carbons (Fsp3) is 0.618. The zero-order chi connectivity index (χ0) is 32.5. The Hall–Kier alpha value is -2.47. The molecule has 2 aromatic rings. The van der Waals surface area contributed by atoms with E-state index in [0.29, 0.717) is 49.7 Å². The van der Waals surface area contributed by atoms with Gasteiger partial charge in [-0.05, 0) is 61.6 Å². The second-order valence-electron chi connectivity index (χ2n) is 12.8. The Balaban J connectivity index is 1.29. The summed E-state index contributed by atoms with van der Waals surface area (Å²) in [4.78, 5) is 45.8. The van der Waals surface area contributed by atoms with Gasteiger partial charge in [-0.3, -0.25) is 9.59 Å². The van der Waals surface area contributed by atoms with Crippen molar-refractivity contribution >= 4 is 50.7 Å². The van der Waals surface area contributed by atoms with Crippen LogP contribution >= 0.6 is 22.9 Å². The monoisotopic (exact) mass is 691 g/mol. The van der Waals surface area contributed by atoms with E-state index < -0.39 is 22.2 Å². The number of unbranched alkanes of at least 4 members (excludes halogenated alkanes) is 1. The maximum atomic E-state index is 14.4. The summed E-state index contributed by atoms with van der Waals surface area (Å²) in [5.74, 6) is 0.618. The van der Waals surface area contributed by atoms with Crippen LogP contribution in [0.1, 0.15) is 75.5 Å². The lowest BCUT2D eigenvalue weighted by Crippen LogP contribution is -2.60. The molecule has 1 aromatic carbocycles. The van der Waals surface area contributed by atoms with E-state index in [9.17, 15) is 22.8 Å². The zero-order valence-electron chi connectivity index (χ0n) is 26.5. The summed E-state index contributed by atoms with van der Waals surface area (Å²) in [7, 11) is -3.15. The third-order valence-corrected chi connectivity index (χ3v) is 12.8. The Morgan fingerprint density at radius 2 is 1.78 bits per heavy atom. The van der Waals surface area contributed by atoms with Crippen molar-refractivity contribution in [3.05, 3.63) is 51.7 Å². The number of rotatable bonds is 13. The third-order valence-electron chi connectivity index (χ3n) is 9.63. The van der Waals surface area contributed by atoms with Crippen LogP contribution in [0, 0.1) is 11.8 Å². The number of carbonyl (C=O) groups is 3. The Bertz CT molecular complexity index is 1430. The molecule has 0 unspecified atom stereocenters. The fourth-order valence-electron chi connectivity index (χ4n) is 7.07. The van der Waals surface area contributed by atoms with Crippen molar-refractivity contribution in [2.24, 2.45) is 11.8 Å². The molecular weight excluding hydrogens is 646 g/mol. The minimum atomic E-state index is -3.15. The molecule has 1 aliphatic carbocycles. The maximum Gasteiger partial charge on any atom is 0.415 e. The minimum absolute atomic E-state index is 0.0204. The van der Waals surface area contributed by atoms with Crippen molar-refractivity contribution in [1.82, 2.24) is 14.1 Å². The lowest BCUT2D eigenvalue weighted by Gasteiger charge is -2.42. The Labute approximate surface area is 282 Å². The standard InChI is InChI=1S/C34H46ClN3O6S2/c35-29-14-4-5-15-32(29)44-34(41)36-20-21-38(30(25-36)31(39)17-16-28-13-8-22-45-28)33(40)27(24-26-10-2-1-3-11-26)12-6-7-18-37-19-9-23-46(37,42)43/h4-5,8,13-15,22,26-27,30H,1-3,6-7,9-12,16-21,23-25H2/t27-,30-/m0/s1.